The van der Waals surface area contributed by atoms with Crippen molar-refractivity contribution in [3.8, 4) is 0 Å². The molecule has 1 rings (SSSR count). The van der Waals surface area contributed by atoms with Crippen LogP contribution >= 0.6 is 0 Å². The summed E-state index contributed by atoms with van der Waals surface area (Å²) in [7, 11) is 0. The average Bonchev–Trinajstić information content (AvgIpc) is 2.18. The van der Waals surface area contributed by atoms with Gasteiger partial charge >= 0.3 is 0 Å². The Morgan fingerprint density at radius 2 is 1.71 bits per heavy atom. The zero-order valence-electron chi connectivity index (χ0n) is 9.46. The van der Waals surface area contributed by atoms with Crippen molar-refractivity contribution in [2.75, 3.05) is 0 Å². The predicted octanol–water partition coefficient (Wildman–Crippen LogP) is 3.61. The van der Waals surface area contributed by atoms with Gasteiger partial charge < -0.3 is 5.73 Å². The highest BCUT2D eigenvalue weighted by atomic mass is 14.6. The zero-order valence-corrected chi connectivity index (χ0v) is 9.46. The van der Waals surface area contributed by atoms with Gasteiger partial charge in [0.15, 0.2) is 0 Å². The highest BCUT2D eigenvalue weighted by Gasteiger charge is 2.11. The quantitative estimate of drug-likeness (QED) is 0.773. The second kappa shape index (κ2) is 5.16. The Morgan fingerprint density at radius 1 is 1.14 bits per heavy atom. The minimum atomic E-state index is 0.207. The van der Waals surface area contributed by atoms with E-state index in [0.29, 0.717) is 5.92 Å². The van der Waals surface area contributed by atoms with Gasteiger partial charge in [-0.05, 0) is 23.5 Å². The van der Waals surface area contributed by atoms with Crippen LogP contribution in [0.15, 0.2) is 24.3 Å². The molecule has 0 radical (unpaired) electrons. The van der Waals surface area contributed by atoms with E-state index in [1.54, 1.807) is 0 Å². The molecule has 2 N–H and O–H groups in total. The van der Waals surface area contributed by atoms with E-state index < -0.39 is 0 Å². The summed E-state index contributed by atoms with van der Waals surface area (Å²) in [4.78, 5) is 0. The maximum atomic E-state index is 6.14. The minimum absolute atomic E-state index is 0.207. The third-order valence-corrected chi connectivity index (χ3v) is 2.62. The van der Waals surface area contributed by atoms with Crippen LogP contribution in [0.2, 0.25) is 0 Å². The van der Waals surface area contributed by atoms with E-state index in [4.69, 9.17) is 5.73 Å². The fourth-order valence-electron chi connectivity index (χ4n) is 1.84. The third-order valence-electron chi connectivity index (χ3n) is 2.62. The van der Waals surface area contributed by atoms with Crippen LogP contribution in [-0.4, -0.2) is 0 Å². The van der Waals surface area contributed by atoms with Crippen molar-refractivity contribution in [1.82, 2.24) is 0 Å². The molecule has 0 fully saturated rings. The fourth-order valence-corrected chi connectivity index (χ4v) is 1.84. The van der Waals surface area contributed by atoms with Crippen molar-refractivity contribution in [3.05, 3.63) is 35.4 Å². The third kappa shape index (κ3) is 2.58. The van der Waals surface area contributed by atoms with Gasteiger partial charge in [0.2, 0.25) is 0 Å². The Balaban J connectivity index is 2.94. The molecule has 0 aliphatic carbocycles. The molecule has 1 aromatic rings. The molecule has 1 nitrogen and oxygen atoms in total. The van der Waals surface area contributed by atoms with Crippen molar-refractivity contribution in [3.63, 3.8) is 0 Å². The van der Waals surface area contributed by atoms with Crippen LogP contribution < -0.4 is 5.73 Å². The van der Waals surface area contributed by atoms with Crippen LogP contribution in [-0.2, 0) is 0 Å². The van der Waals surface area contributed by atoms with E-state index in [0.717, 1.165) is 12.8 Å². The van der Waals surface area contributed by atoms with E-state index in [1.807, 2.05) is 0 Å². The van der Waals surface area contributed by atoms with Gasteiger partial charge in [0, 0.05) is 6.04 Å². The molecule has 0 aliphatic heterocycles. The molecule has 0 saturated heterocycles. The normalized spacial score (nSPS) is 13.2. The molecule has 0 aliphatic rings. The zero-order chi connectivity index (χ0) is 10.6. The van der Waals surface area contributed by atoms with Gasteiger partial charge in [-0.3, -0.25) is 0 Å². The van der Waals surface area contributed by atoms with Crippen LogP contribution in [0.25, 0.3) is 0 Å². The Kier molecular flexibility index (Phi) is 4.15. The first-order valence-corrected chi connectivity index (χ1v) is 5.51. The van der Waals surface area contributed by atoms with E-state index >= 15 is 0 Å². The first-order valence-electron chi connectivity index (χ1n) is 5.51. The lowest BCUT2D eigenvalue weighted by atomic mass is 9.91. The maximum Gasteiger partial charge on any atom is 0.0297 e. The van der Waals surface area contributed by atoms with Crippen molar-refractivity contribution in [2.45, 2.75) is 45.6 Å². The van der Waals surface area contributed by atoms with Crippen LogP contribution in [0.5, 0.6) is 0 Å². The first kappa shape index (κ1) is 11.3. The Morgan fingerprint density at radius 3 is 2.21 bits per heavy atom. The van der Waals surface area contributed by atoms with Crippen LogP contribution in [0.1, 0.15) is 56.7 Å². The fraction of sp³-hybridized carbons (Fsp3) is 0.538. The smallest absolute Gasteiger partial charge is 0.0297 e. The van der Waals surface area contributed by atoms with E-state index in [-0.39, 0.29) is 6.04 Å². The molecule has 14 heavy (non-hydrogen) atoms. The molecule has 0 heterocycles. The SMILES string of the molecule is CCC[C@H](N)c1ccccc1C(C)C. The van der Waals surface area contributed by atoms with Gasteiger partial charge in [-0.1, -0.05) is 51.5 Å². The molecule has 1 heteroatoms. The van der Waals surface area contributed by atoms with Gasteiger partial charge in [-0.15, -0.1) is 0 Å². The summed E-state index contributed by atoms with van der Waals surface area (Å²) in [5, 5.41) is 0. The molecule has 0 aromatic heterocycles. The Hall–Kier alpha value is -0.820. The molecule has 1 aromatic carbocycles. The van der Waals surface area contributed by atoms with Crippen LogP contribution in [0.4, 0.5) is 0 Å². The molecular weight excluding hydrogens is 170 g/mol. The monoisotopic (exact) mass is 191 g/mol. The summed E-state index contributed by atoms with van der Waals surface area (Å²) in [6, 6.07) is 8.73. The first-order chi connectivity index (χ1) is 6.66. The number of nitrogens with two attached hydrogens (primary N) is 1. The molecule has 0 amide bonds. The largest absolute Gasteiger partial charge is 0.324 e. The molecule has 0 unspecified atom stereocenters. The second-order valence-electron chi connectivity index (χ2n) is 4.18. The number of rotatable bonds is 4. The Bertz CT molecular complexity index is 278. The van der Waals surface area contributed by atoms with Crippen LogP contribution in [0.3, 0.4) is 0 Å². The molecule has 0 bridgehead atoms. The number of benzene rings is 1. The summed E-state index contributed by atoms with van der Waals surface area (Å²) < 4.78 is 0. The van der Waals surface area contributed by atoms with Gasteiger partial charge in [0.1, 0.15) is 0 Å². The van der Waals surface area contributed by atoms with Gasteiger partial charge in [-0.2, -0.15) is 0 Å². The molecule has 78 valence electrons. The van der Waals surface area contributed by atoms with Crippen molar-refractivity contribution in [2.24, 2.45) is 5.73 Å². The lowest BCUT2D eigenvalue weighted by Gasteiger charge is -2.17. The standard InChI is InChI=1S/C13H21N/c1-4-7-13(14)12-9-6-5-8-11(12)10(2)3/h5-6,8-10,13H,4,7,14H2,1-3H3/t13-/m0/s1. The number of hydrogen-bond acceptors (Lipinski definition) is 1. The lowest BCUT2D eigenvalue weighted by molar-refractivity contribution is 0.626. The topological polar surface area (TPSA) is 26.0 Å². The van der Waals surface area contributed by atoms with Gasteiger partial charge in [-0.25, -0.2) is 0 Å². The summed E-state index contributed by atoms with van der Waals surface area (Å²) in [6.45, 7) is 6.62. The van der Waals surface area contributed by atoms with Crippen molar-refractivity contribution < 1.29 is 0 Å². The highest BCUT2D eigenvalue weighted by Crippen LogP contribution is 2.25. The molecule has 0 saturated carbocycles. The second-order valence-corrected chi connectivity index (χ2v) is 4.18. The van der Waals surface area contributed by atoms with Gasteiger partial charge in [0.25, 0.3) is 0 Å². The average molecular weight is 191 g/mol. The molecule has 0 spiro atoms. The van der Waals surface area contributed by atoms with E-state index in [9.17, 15) is 0 Å². The van der Waals surface area contributed by atoms with Crippen LogP contribution in [0, 0.1) is 0 Å². The number of hydrogen-bond donors (Lipinski definition) is 1. The van der Waals surface area contributed by atoms with Crippen molar-refractivity contribution >= 4 is 0 Å². The maximum absolute atomic E-state index is 6.14. The van der Waals surface area contributed by atoms with E-state index in [2.05, 4.69) is 45.0 Å². The summed E-state index contributed by atoms with van der Waals surface area (Å²) in [6.07, 6.45) is 2.22. The molecular formula is C13H21N. The highest BCUT2D eigenvalue weighted by molar-refractivity contribution is 5.32. The van der Waals surface area contributed by atoms with E-state index in [1.165, 1.54) is 11.1 Å². The predicted molar refractivity (Wildman–Crippen MR) is 62.4 cm³/mol. The summed E-state index contributed by atoms with van der Waals surface area (Å²) in [5.41, 5.74) is 8.86. The Labute approximate surface area is 87.3 Å². The lowest BCUT2D eigenvalue weighted by Crippen LogP contribution is -2.12. The summed E-state index contributed by atoms with van der Waals surface area (Å²) >= 11 is 0. The van der Waals surface area contributed by atoms with Gasteiger partial charge in [0.05, 0.1) is 0 Å². The van der Waals surface area contributed by atoms with Crippen molar-refractivity contribution in [1.29, 1.82) is 0 Å². The minimum Gasteiger partial charge on any atom is -0.324 e. The molecule has 1 atom stereocenters. The summed E-state index contributed by atoms with van der Waals surface area (Å²) in [5.74, 6) is 0.564.